The van der Waals surface area contributed by atoms with E-state index >= 15 is 0 Å². The van der Waals surface area contributed by atoms with Gasteiger partial charge in [0.05, 0.1) is 63.5 Å². The second kappa shape index (κ2) is 39.3. The number of hydrogen-bond donors (Lipinski definition) is 2. The third kappa shape index (κ3) is 29.6. The lowest BCUT2D eigenvalue weighted by Gasteiger charge is -2.39. The summed E-state index contributed by atoms with van der Waals surface area (Å²) < 4.78 is 2.89. The Morgan fingerprint density at radius 2 is 0.525 bits per heavy atom. The number of benzene rings is 2. The zero-order valence-corrected chi connectivity index (χ0v) is 42.1. The van der Waals surface area contributed by atoms with Crippen LogP contribution in [0.1, 0.15) is 230 Å². The zero-order chi connectivity index (χ0) is 45.5. The lowest BCUT2D eigenvalue weighted by Crippen LogP contribution is -2.50. The van der Waals surface area contributed by atoms with Crippen molar-refractivity contribution in [3.8, 4) is 0 Å². The van der Waals surface area contributed by atoms with Crippen molar-refractivity contribution in [2.45, 2.75) is 219 Å². The third-order valence-corrected chi connectivity index (χ3v) is 13.3. The fraction of sp³-hybridized carbons (Fsp3) is 0.741. The van der Waals surface area contributed by atoms with E-state index in [1.54, 1.807) is 24.3 Å². The van der Waals surface area contributed by atoms with Crippen molar-refractivity contribution in [3.05, 3.63) is 59.7 Å². The van der Waals surface area contributed by atoms with Crippen molar-refractivity contribution < 1.29 is 28.8 Å². The summed E-state index contributed by atoms with van der Waals surface area (Å²) >= 11 is 1.44. The molecular weight excluding hydrogens is 773 g/mol. The number of rotatable bonds is 36. The Morgan fingerprint density at radius 3 is 0.672 bits per heavy atom. The van der Waals surface area contributed by atoms with Crippen LogP contribution in [0.5, 0.6) is 0 Å². The first kappa shape index (κ1) is 58.6. The first-order valence-corrected chi connectivity index (χ1v) is 26.4. The molecule has 0 aliphatic carbocycles. The molecule has 7 heteroatoms. The van der Waals surface area contributed by atoms with E-state index in [0.29, 0.717) is 0 Å². The average molecular weight is 871 g/mol. The first-order chi connectivity index (χ1) is 29.5. The molecule has 2 rings (SSSR count). The van der Waals surface area contributed by atoms with Gasteiger partial charge < -0.3 is 19.2 Å². The molecule has 6 nitrogen and oxygen atoms in total. The summed E-state index contributed by atoms with van der Waals surface area (Å²) in [4.78, 5) is 23.2. The predicted octanol–water partition coefficient (Wildman–Crippen LogP) is 16.4. The maximum absolute atomic E-state index is 10.7. The van der Waals surface area contributed by atoms with Gasteiger partial charge in [-0.3, -0.25) is 0 Å². The molecule has 0 aliphatic heterocycles. The SMILES string of the molecule is CCCCC[N+](CCCCC)(CCCCC)CCCCC.CCCCC[N+](CCCCC)(CCCCC)CCCCC.O=C(O)c1ccc(Sc2ccc(C(=O)O)cc2)cc1. The van der Waals surface area contributed by atoms with E-state index in [0.717, 1.165) is 9.79 Å². The van der Waals surface area contributed by atoms with E-state index in [1.807, 2.05) is 0 Å². The van der Waals surface area contributed by atoms with E-state index in [2.05, 4.69) is 55.4 Å². The summed E-state index contributed by atoms with van der Waals surface area (Å²) in [5.74, 6) is -1.91. The highest BCUT2D eigenvalue weighted by Crippen LogP contribution is 2.28. The van der Waals surface area contributed by atoms with E-state index in [-0.39, 0.29) is 11.1 Å². The highest BCUT2D eigenvalue weighted by atomic mass is 32.2. The lowest BCUT2D eigenvalue weighted by molar-refractivity contribution is -0.929. The van der Waals surface area contributed by atoms with Crippen LogP contribution in [0.25, 0.3) is 0 Å². The van der Waals surface area contributed by atoms with Crippen molar-refractivity contribution >= 4 is 23.7 Å². The van der Waals surface area contributed by atoms with Gasteiger partial charge in [-0.25, -0.2) is 9.59 Å². The first-order valence-electron chi connectivity index (χ1n) is 25.6. The number of carboxylic acids is 2. The van der Waals surface area contributed by atoms with Crippen LogP contribution in [-0.2, 0) is 0 Å². The van der Waals surface area contributed by atoms with E-state index in [9.17, 15) is 9.59 Å². The van der Waals surface area contributed by atoms with E-state index in [4.69, 9.17) is 10.2 Å². The highest BCUT2D eigenvalue weighted by molar-refractivity contribution is 7.99. The topological polar surface area (TPSA) is 74.6 Å². The Morgan fingerprint density at radius 1 is 0.344 bits per heavy atom. The average Bonchev–Trinajstić information content (AvgIpc) is 3.25. The van der Waals surface area contributed by atoms with Crippen molar-refractivity contribution in [2.24, 2.45) is 0 Å². The molecule has 61 heavy (non-hydrogen) atoms. The van der Waals surface area contributed by atoms with Crippen molar-refractivity contribution in [1.29, 1.82) is 0 Å². The summed E-state index contributed by atoms with van der Waals surface area (Å²) in [6.07, 6.45) is 33.8. The van der Waals surface area contributed by atoms with Crippen molar-refractivity contribution in [1.82, 2.24) is 0 Å². The summed E-state index contributed by atoms with van der Waals surface area (Å²) in [6.45, 7) is 30.3. The van der Waals surface area contributed by atoms with Gasteiger partial charge in [0.15, 0.2) is 0 Å². The fourth-order valence-electron chi connectivity index (χ4n) is 8.39. The van der Waals surface area contributed by atoms with Gasteiger partial charge in [0.1, 0.15) is 0 Å². The van der Waals surface area contributed by atoms with Crippen LogP contribution in [0.3, 0.4) is 0 Å². The molecule has 0 atom stereocenters. The lowest BCUT2D eigenvalue weighted by atomic mass is 10.1. The molecule has 0 heterocycles. The van der Waals surface area contributed by atoms with Gasteiger partial charge >= 0.3 is 11.9 Å². The van der Waals surface area contributed by atoms with Crippen LogP contribution in [0.15, 0.2) is 58.3 Å². The molecule has 0 amide bonds. The van der Waals surface area contributed by atoms with Crippen LogP contribution < -0.4 is 0 Å². The van der Waals surface area contributed by atoms with Crippen molar-refractivity contribution in [3.63, 3.8) is 0 Å². The maximum atomic E-state index is 10.7. The molecule has 0 fully saturated rings. The number of quaternary nitrogens is 2. The van der Waals surface area contributed by atoms with Crippen molar-refractivity contribution in [2.75, 3.05) is 52.4 Å². The molecule has 0 aromatic heterocycles. The van der Waals surface area contributed by atoms with Crippen LogP contribution in [0, 0.1) is 0 Å². The van der Waals surface area contributed by atoms with Gasteiger partial charge in [0, 0.05) is 9.79 Å². The van der Waals surface area contributed by atoms with E-state index in [1.165, 1.54) is 251 Å². The number of carbonyl (C=O) groups is 2. The monoisotopic (exact) mass is 871 g/mol. The Labute approximate surface area is 382 Å². The minimum absolute atomic E-state index is 0.241. The second-order valence-corrected chi connectivity index (χ2v) is 19.0. The molecule has 0 saturated heterocycles. The normalized spacial score (nSPS) is 11.4. The van der Waals surface area contributed by atoms with Gasteiger partial charge in [-0.2, -0.15) is 0 Å². The van der Waals surface area contributed by atoms with Gasteiger partial charge in [0.2, 0.25) is 0 Å². The minimum Gasteiger partial charge on any atom is -0.478 e. The highest BCUT2D eigenvalue weighted by Gasteiger charge is 2.26. The standard InChI is InChI=1S/2C20H44N.C14H10O4S/c2*1-5-9-13-17-21(18-14-10-6-2,19-15-11-7-3)20-16-12-8-4;15-13(16)9-1-5-11(6-2-9)19-12-7-3-10(4-8-12)14(17)18/h2*5-20H2,1-4H3;1-8H,(H,15,16)(H,17,18)/q2*+1;. The Balaban J connectivity index is 0.000000886. The van der Waals surface area contributed by atoms with Gasteiger partial charge in [0.25, 0.3) is 0 Å². The fourth-order valence-corrected chi connectivity index (χ4v) is 9.20. The predicted molar refractivity (Wildman–Crippen MR) is 267 cm³/mol. The molecule has 352 valence electrons. The zero-order valence-electron chi connectivity index (χ0n) is 41.3. The van der Waals surface area contributed by atoms with Gasteiger partial charge in [-0.15, -0.1) is 0 Å². The largest absolute Gasteiger partial charge is 0.478 e. The van der Waals surface area contributed by atoms with Crippen LogP contribution in [0.4, 0.5) is 0 Å². The Hall–Kier alpha value is -2.35. The van der Waals surface area contributed by atoms with Gasteiger partial charge in [-0.1, -0.05) is 119 Å². The molecule has 0 aliphatic rings. The van der Waals surface area contributed by atoms with Crippen LogP contribution in [0.2, 0.25) is 0 Å². The summed E-state index contributed by atoms with van der Waals surface area (Å²) in [6, 6.07) is 13.0. The molecular formula is C54H98N2O4S+2. The van der Waals surface area contributed by atoms with Gasteiger partial charge in [-0.05, 0) is 151 Å². The summed E-state index contributed by atoms with van der Waals surface area (Å²) in [5, 5.41) is 17.6. The molecule has 2 aromatic rings. The summed E-state index contributed by atoms with van der Waals surface area (Å²) in [7, 11) is 0. The third-order valence-electron chi connectivity index (χ3n) is 12.3. The molecule has 0 bridgehead atoms. The number of hydrogen-bond acceptors (Lipinski definition) is 3. The molecule has 0 unspecified atom stereocenters. The Kier molecular flexibility index (Phi) is 37.7. The number of unbranched alkanes of at least 4 members (excludes halogenated alkanes) is 16. The number of carboxylic acid groups (broad SMARTS) is 2. The smallest absolute Gasteiger partial charge is 0.335 e. The quantitative estimate of drug-likeness (QED) is 0.0527. The summed E-state index contributed by atoms with van der Waals surface area (Å²) in [5.41, 5.74) is 0.483. The van der Waals surface area contributed by atoms with Crippen LogP contribution >= 0.6 is 11.8 Å². The molecule has 0 saturated carbocycles. The van der Waals surface area contributed by atoms with Crippen LogP contribution in [-0.4, -0.2) is 83.5 Å². The molecule has 0 radical (unpaired) electrons. The number of nitrogens with zero attached hydrogens (tertiary/aromatic N) is 2. The minimum atomic E-state index is -0.956. The Bertz CT molecular complexity index is 1110. The number of aromatic carboxylic acids is 2. The second-order valence-electron chi connectivity index (χ2n) is 17.9. The molecule has 2 N–H and O–H groups in total. The molecule has 2 aromatic carbocycles. The molecule has 0 spiro atoms. The van der Waals surface area contributed by atoms with E-state index < -0.39 is 11.9 Å². The maximum Gasteiger partial charge on any atom is 0.335 e.